The van der Waals surface area contributed by atoms with Gasteiger partial charge in [0.1, 0.15) is 18.6 Å². The van der Waals surface area contributed by atoms with E-state index in [1.807, 2.05) is 13.8 Å². The fourth-order valence-corrected chi connectivity index (χ4v) is 4.60. The molecule has 12 heteroatoms. The number of hydrogen-bond donors (Lipinski definition) is 0. The van der Waals surface area contributed by atoms with Gasteiger partial charge in [0.05, 0.1) is 12.6 Å². The van der Waals surface area contributed by atoms with Crippen molar-refractivity contribution in [1.82, 2.24) is 5.06 Å². The highest BCUT2D eigenvalue weighted by Gasteiger charge is 2.61. The SMILES string of the molecule is CCOC(=O)[C@H]1[C@H]([C@@H](OC(C)=O)[C@H](OC(C)=O)[C@H](COC(C)=O)OC(C)=O)ON2[C@H]1CCC2(C)C. The van der Waals surface area contributed by atoms with E-state index in [1.54, 1.807) is 12.0 Å². The predicted octanol–water partition coefficient (Wildman–Crippen LogP) is 1.08. The predicted molar refractivity (Wildman–Crippen MR) is 117 cm³/mol. The Morgan fingerprint density at radius 3 is 2.03 bits per heavy atom. The van der Waals surface area contributed by atoms with Gasteiger partial charge in [-0.2, -0.15) is 5.06 Å². The maximum absolute atomic E-state index is 13.1. The van der Waals surface area contributed by atoms with Crippen LogP contribution >= 0.6 is 0 Å². The Morgan fingerprint density at radius 1 is 0.914 bits per heavy atom. The molecule has 0 aromatic heterocycles. The summed E-state index contributed by atoms with van der Waals surface area (Å²) in [4.78, 5) is 66.8. The molecular formula is C23H35NO11. The molecule has 0 amide bonds. The second-order valence-corrected chi connectivity index (χ2v) is 9.19. The van der Waals surface area contributed by atoms with Crippen LogP contribution < -0.4 is 0 Å². The monoisotopic (exact) mass is 501 g/mol. The van der Waals surface area contributed by atoms with Gasteiger partial charge in [0, 0.05) is 33.2 Å². The maximum Gasteiger partial charge on any atom is 0.313 e. The van der Waals surface area contributed by atoms with Gasteiger partial charge < -0.3 is 23.7 Å². The molecule has 0 spiro atoms. The summed E-state index contributed by atoms with van der Waals surface area (Å²) < 4.78 is 26.6. The zero-order chi connectivity index (χ0) is 26.5. The smallest absolute Gasteiger partial charge is 0.313 e. The molecule has 12 nitrogen and oxygen atoms in total. The zero-order valence-electron chi connectivity index (χ0n) is 21.2. The summed E-state index contributed by atoms with van der Waals surface area (Å²) in [5, 5.41) is 1.69. The van der Waals surface area contributed by atoms with E-state index < -0.39 is 72.3 Å². The van der Waals surface area contributed by atoms with E-state index in [1.165, 1.54) is 0 Å². The third kappa shape index (κ3) is 7.14. The number of carbonyl (C=O) groups excluding carboxylic acids is 5. The topological polar surface area (TPSA) is 144 Å². The van der Waals surface area contributed by atoms with Crippen LogP contribution in [0.4, 0.5) is 0 Å². The molecule has 2 aliphatic rings. The van der Waals surface area contributed by atoms with Crippen LogP contribution in [-0.4, -0.2) is 84.1 Å². The first-order chi connectivity index (χ1) is 16.3. The van der Waals surface area contributed by atoms with E-state index in [4.69, 9.17) is 28.5 Å². The second kappa shape index (κ2) is 11.8. The van der Waals surface area contributed by atoms with Crippen LogP contribution in [0.1, 0.15) is 61.3 Å². The largest absolute Gasteiger partial charge is 0.466 e. The number of carbonyl (C=O) groups is 5. The fraction of sp³-hybridized carbons (Fsp3) is 0.783. The minimum absolute atomic E-state index is 0.117. The van der Waals surface area contributed by atoms with Crippen LogP contribution in [0.3, 0.4) is 0 Å². The lowest BCUT2D eigenvalue weighted by atomic mass is 9.87. The van der Waals surface area contributed by atoms with E-state index in [-0.39, 0.29) is 12.6 Å². The number of hydrogen-bond acceptors (Lipinski definition) is 12. The summed E-state index contributed by atoms with van der Waals surface area (Å²) in [6.07, 6.45) is -3.98. The average Bonchev–Trinajstić information content (AvgIpc) is 3.24. The standard InChI is InChI=1S/C23H35NO11/c1-8-30-22(29)18-16-9-10-23(6,7)24(16)35-20(18)21(34-15(5)28)19(33-14(4)27)17(32-13(3)26)11-31-12(2)25/h16-21H,8-11H2,1-7H3/t16-,17-,18+,19+,20+,21-/m0/s1. The lowest BCUT2D eigenvalue weighted by Gasteiger charge is -2.36. The van der Waals surface area contributed by atoms with Crippen LogP contribution in [0.25, 0.3) is 0 Å². The van der Waals surface area contributed by atoms with Crippen LogP contribution in [0.5, 0.6) is 0 Å². The average molecular weight is 502 g/mol. The summed E-state index contributed by atoms with van der Waals surface area (Å²) in [5.74, 6) is -4.41. The molecule has 198 valence electrons. The Kier molecular flexibility index (Phi) is 9.61. The highest BCUT2D eigenvalue weighted by Crippen LogP contribution is 2.46. The Hall–Kier alpha value is -2.73. The van der Waals surface area contributed by atoms with Crippen molar-refractivity contribution in [3.8, 4) is 0 Å². The molecule has 0 aliphatic carbocycles. The molecule has 2 aliphatic heterocycles. The highest BCUT2D eigenvalue weighted by atomic mass is 16.7. The molecule has 0 aromatic rings. The lowest BCUT2D eigenvalue weighted by Crippen LogP contribution is -2.55. The lowest BCUT2D eigenvalue weighted by molar-refractivity contribution is -0.243. The third-order valence-corrected chi connectivity index (χ3v) is 5.90. The first-order valence-electron chi connectivity index (χ1n) is 11.6. The summed E-state index contributed by atoms with van der Waals surface area (Å²) in [5.41, 5.74) is -0.436. The van der Waals surface area contributed by atoms with E-state index >= 15 is 0 Å². The second-order valence-electron chi connectivity index (χ2n) is 9.19. The number of hydroxylamine groups is 2. The Labute approximate surface area is 204 Å². The van der Waals surface area contributed by atoms with E-state index in [2.05, 4.69) is 0 Å². The highest BCUT2D eigenvalue weighted by molar-refractivity contribution is 5.75. The molecule has 0 unspecified atom stereocenters. The molecular weight excluding hydrogens is 466 g/mol. The molecule has 2 fully saturated rings. The van der Waals surface area contributed by atoms with Gasteiger partial charge in [0.25, 0.3) is 0 Å². The number of rotatable bonds is 10. The fourth-order valence-electron chi connectivity index (χ4n) is 4.60. The number of nitrogens with zero attached hydrogens (tertiary/aromatic N) is 1. The normalized spacial score (nSPS) is 25.5. The van der Waals surface area contributed by atoms with Crippen molar-refractivity contribution in [3.05, 3.63) is 0 Å². The van der Waals surface area contributed by atoms with Crippen molar-refractivity contribution in [2.75, 3.05) is 13.2 Å². The molecule has 2 saturated heterocycles. The number of ether oxygens (including phenoxy) is 5. The molecule has 0 aromatic carbocycles. The van der Waals surface area contributed by atoms with Crippen LogP contribution in [-0.2, 0) is 52.5 Å². The van der Waals surface area contributed by atoms with Gasteiger partial charge in [-0.05, 0) is 33.6 Å². The molecule has 0 bridgehead atoms. The van der Waals surface area contributed by atoms with Crippen molar-refractivity contribution >= 4 is 29.8 Å². The van der Waals surface area contributed by atoms with Crippen molar-refractivity contribution in [2.45, 2.75) is 97.3 Å². The first kappa shape index (κ1) is 28.5. The molecule has 35 heavy (non-hydrogen) atoms. The van der Waals surface area contributed by atoms with Crippen molar-refractivity contribution in [2.24, 2.45) is 5.92 Å². The number of fused-ring (bicyclic) bond motifs is 1. The molecule has 0 radical (unpaired) electrons. The molecule has 2 heterocycles. The molecule has 2 rings (SSSR count). The summed E-state index contributed by atoms with van der Waals surface area (Å²) >= 11 is 0. The van der Waals surface area contributed by atoms with Gasteiger partial charge in [-0.3, -0.25) is 28.8 Å². The molecule has 6 atom stereocenters. The van der Waals surface area contributed by atoms with Gasteiger partial charge in [-0.25, -0.2) is 0 Å². The van der Waals surface area contributed by atoms with Gasteiger partial charge in [-0.15, -0.1) is 0 Å². The van der Waals surface area contributed by atoms with E-state index in [0.717, 1.165) is 34.1 Å². The van der Waals surface area contributed by atoms with Crippen LogP contribution in [0.15, 0.2) is 0 Å². The quantitative estimate of drug-likeness (QED) is 0.312. The first-order valence-corrected chi connectivity index (χ1v) is 11.6. The summed E-state index contributed by atoms with van der Waals surface area (Å²) in [6.45, 7) is 9.74. The third-order valence-electron chi connectivity index (χ3n) is 5.90. The Morgan fingerprint density at radius 2 is 1.51 bits per heavy atom. The molecule has 0 saturated carbocycles. The van der Waals surface area contributed by atoms with Crippen molar-refractivity contribution < 1.29 is 52.5 Å². The van der Waals surface area contributed by atoms with Crippen LogP contribution in [0.2, 0.25) is 0 Å². The number of esters is 5. The van der Waals surface area contributed by atoms with E-state index in [0.29, 0.717) is 6.42 Å². The Balaban J connectivity index is 2.56. The van der Waals surface area contributed by atoms with Gasteiger partial charge in [0.15, 0.2) is 18.3 Å². The van der Waals surface area contributed by atoms with Gasteiger partial charge >= 0.3 is 29.8 Å². The van der Waals surface area contributed by atoms with E-state index in [9.17, 15) is 24.0 Å². The summed E-state index contributed by atoms with van der Waals surface area (Å²) in [6, 6.07) is -0.384. The Bertz CT molecular complexity index is 826. The minimum atomic E-state index is -1.45. The van der Waals surface area contributed by atoms with Gasteiger partial charge in [-0.1, -0.05) is 0 Å². The molecule has 0 N–H and O–H groups in total. The van der Waals surface area contributed by atoms with Crippen LogP contribution in [0, 0.1) is 5.92 Å². The summed E-state index contributed by atoms with van der Waals surface area (Å²) in [7, 11) is 0. The van der Waals surface area contributed by atoms with Crippen molar-refractivity contribution in [3.63, 3.8) is 0 Å². The zero-order valence-corrected chi connectivity index (χ0v) is 21.2. The minimum Gasteiger partial charge on any atom is -0.466 e. The maximum atomic E-state index is 13.1. The van der Waals surface area contributed by atoms with Gasteiger partial charge in [0.2, 0.25) is 0 Å². The van der Waals surface area contributed by atoms with Crippen molar-refractivity contribution in [1.29, 1.82) is 0 Å².